The molecule has 2 fully saturated rings. The quantitative estimate of drug-likeness (QED) is 0.789. The monoisotopic (exact) mass is 252 g/mol. The molecule has 0 unspecified atom stereocenters. The first-order valence-corrected chi connectivity index (χ1v) is 7.68. The Balaban J connectivity index is 1.70. The van der Waals surface area contributed by atoms with Crippen molar-refractivity contribution in [3.63, 3.8) is 0 Å². The Morgan fingerprint density at radius 3 is 2.28 bits per heavy atom. The molecule has 2 saturated carbocycles. The Bertz CT molecular complexity index is 273. The van der Waals surface area contributed by atoms with E-state index in [-0.39, 0.29) is 11.3 Å². The molecule has 0 heterocycles. The van der Waals surface area contributed by atoms with E-state index in [1.54, 1.807) is 0 Å². The number of nitrogens with two attached hydrogens (primary N) is 1. The van der Waals surface area contributed by atoms with E-state index in [1.807, 2.05) is 0 Å². The SMILES string of the molecule is CCC1CCC(CNC(=O)C2(CN)CCC2)CC1. The molecule has 0 aromatic rings. The standard InChI is InChI=1S/C15H28N2O/c1-2-12-4-6-13(7-5-12)10-17-14(18)15(11-16)8-3-9-15/h12-13H,2-11,16H2,1H3,(H,17,18). The van der Waals surface area contributed by atoms with Crippen LogP contribution in [0.2, 0.25) is 0 Å². The first kappa shape index (κ1) is 13.9. The zero-order chi connectivity index (χ0) is 13.0. The van der Waals surface area contributed by atoms with E-state index >= 15 is 0 Å². The Morgan fingerprint density at radius 2 is 1.83 bits per heavy atom. The highest BCUT2D eigenvalue weighted by Gasteiger charge is 2.42. The molecule has 18 heavy (non-hydrogen) atoms. The molecule has 0 atom stereocenters. The molecule has 0 spiro atoms. The van der Waals surface area contributed by atoms with Crippen LogP contribution in [-0.4, -0.2) is 19.0 Å². The van der Waals surface area contributed by atoms with Crippen LogP contribution in [0.15, 0.2) is 0 Å². The summed E-state index contributed by atoms with van der Waals surface area (Å²) in [5.41, 5.74) is 5.55. The lowest BCUT2D eigenvalue weighted by Gasteiger charge is -2.39. The predicted molar refractivity (Wildman–Crippen MR) is 74.1 cm³/mol. The first-order valence-electron chi connectivity index (χ1n) is 7.68. The first-order chi connectivity index (χ1) is 8.70. The summed E-state index contributed by atoms with van der Waals surface area (Å²) in [5.74, 6) is 1.85. The summed E-state index contributed by atoms with van der Waals surface area (Å²) >= 11 is 0. The third kappa shape index (κ3) is 2.87. The van der Waals surface area contributed by atoms with Crippen molar-refractivity contribution in [1.82, 2.24) is 5.32 Å². The number of amides is 1. The van der Waals surface area contributed by atoms with E-state index in [2.05, 4.69) is 12.2 Å². The van der Waals surface area contributed by atoms with Crippen molar-refractivity contribution < 1.29 is 4.79 Å². The van der Waals surface area contributed by atoms with Crippen LogP contribution in [0.25, 0.3) is 0 Å². The third-order valence-electron chi connectivity index (χ3n) is 5.28. The second-order valence-electron chi connectivity index (χ2n) is 6.34. The molecule has 3 nitrogen and oxygen atoms in total. The van der Waals surface area contributed by atoms with Gasteiger partial charge in [-0.05, 0) is 37.5 Å². The van der Waals surface area contributed by atoms with Crippen LogP contribution in [0.3, 0.4) is 0 Å². The lowest BCUT2D eigenvalue weighted by molar-refractivity contribution is -0.135. The smallest absolute Gasteiger partial charge is 0.227 e. The fourth-order valence-electron chi connectivity index (χ4n) is 3.40. The van der Waals surface area contributed by atoms with Gasteiger partial charge in [-0.1, -0.05) is 32.6 Å². The fourth-order valence-corrected chi connectivity index (χ4v) is 3.40. The summed E-state index contributed by atoms with van der Waals surface area (Å²) in [6.45, 7) is 3.67. The third-order valence-corrected chi connectivity index (χ3v) is 5.28. The molecule has 0 aromatic heterocycles. The number of nitrogens with one attached hydrogen (secondary N) is 1. The van der Waals surface area contributed by atoms with Gasteiger partial charge in [0, 0.05) is 13.1 Å². The van der Waals surface area contributed by atoms with Crippen LogP contribution in [0.5, 0.6) is 0 Å². The highest BCUT2D eigenvalue weighted by Crippen LogP contribution is 2.40. The maximum absolute atomic E-state index is 12.2. The molecule has 104 valence electrons. The molecular weight excluding hydrogens is 224 g/mol. The minimum absolute atomic E-state index is 0.208. The van der Waals surface area contributed by atoms with Crippen LogP contribution in [0.4, 0.5) is 0 Å². The van der Waals surface area contributed by atoms with E-state index in [4.69, 9.17) is 5.73 Å². The van der Waals surface area contributed by atoms with Gasteiger partial charge in [0.2, 0.25) is 5.91 Å². The number of rotatable bonds is 5. The Kier molecular flexibility index (Phi) is 4.66. The maximum Gasteiger partial charge on any atom is 0.227 e. The Morgan fingerprint density at radius 1 is 1.22 bits per heavy atom. The van der Waals surface area contributed by atoms with Gasteiger partial charge >= 0.3 is 0 Å². The predicted octanol–water partition coefficient (Wildman–Crippen LogP) is 2.45. The molecule has 2 rings (SSSR count). The molecule has 3 N–H and O–H groups in total. The van der Waals surface area contributed by atoms with E-state index in [0.717, 1.165) is 31.7 Å². The summed E-state index contributed by atoms with van der Waals surface area (Å²) in [5, 5.41) is 3.16. The van der Waals surface area contributed by atoms with Gasteiger partial charge < -0.3 is 11.1 Å². The average Bonchev–Trinajstić information content (AvgIpc) is 2.36. The minimum Gasteiger partial charge on any atom is -0.355 e. The summed E-state index contributed by atoms with van der Waals surface area (Å²) in [7, 11) is 0. The van der Waals surface area contributed by atoms with E-state index in [9.17, 15) is 4.79 Å². The molecule has 1 amide bonds. The van der Waals surface area contributed by atoms with Gasteiger partial charge in [0.05, 0.1) is 5.41 Å². The molecule has 0 aromatic carbocycles. The summed E-state index contributed by atoms with van der Waals surface area (Å²) in [6.07, 6.45) is 9.71. The van der Waals surface area contributed by atoms with Crippen molar-refractivity contribution in [2.75, 3.05) is 13.1 Å². The van der Waals surface area contributed by atoms with Crippen molar-refractivity contribution in [2.45, 2.75) is 58.3 Å². The fraction of sp³-hybridized carbons (Fsp3) is 0.933. The van der Waals surface area contributed by atoms with E-state index < -0.39 is 0 Å². The molecule has 0 radical (unpaired) electrons. The normalized spacial score (nSPS) is 30.6. The van der Waals surface area contributed by atoms with Crippen molar-refractivity contribution >= 4 is 5.91 Å². The zero-order valence-corrected chi connectivity index (χ0v) is 11.7. The van der Waals surface area contributed by atoms with Crippen LogP contribution in [-0.2, 0) is 4.79 Å². The van der Waals surface area contributed by atoms with Crippen LogP contribution in [0.1, 0.15) is 58.3 Å². The molecule has 2 aliphatic carbocycles. The van der Waals surface area contributed by atoms with Gasteiger partial charge in [0.1, 0.15) is 0 Å². The second kappa shape index (κ2) is 6.05. The molecule has 0 bridgehead atoms. The van der Waals surface area contributed by atoms with Crippen LogP contribution < -0.4 is 11.1 Å². The van der Waals surface area contributed by atoms with Gasteiger partial charge in [0.25, 0.3) is 0 Å². The van der Waals surface area contributed by atoms with Crippen molar-refractivity contribution in [3.05, 3.63) is 0 Å². The van der Waals surface area contributed by atoms with Gasteiger partial charge in [0.15, 0.2) is 0 Å². The molecular formula is C15H28N2O. The Hall–Kier alpha value is -0.570. The van der Waals surface area contributed by atoms with E-state index in [0.29, 0.717) is 12.5 Å². The number of hydrogen-bond acceptors (Lipinski definition) is 2. The van der Waals surface area contributed by atoms with Gasteiger partial charge in [-0.25, -0.2) is 0 Å². The molecule has 3 heteroatoms. The van der Waals surface area contributed by atoms with Crippen LogP contribution in [0, 0.1) is 17.3 Å². The lowest BCUT2D eigenvalue weighted by atomic mass is 9.68. The van der Waals surface area contributed by atoms with Gasteiger partial charge in [-0.2, -0.15) is 0 Å². The minimum atomic E-state index is -0.208. The zero-order valence-electron chi connectivity index (χ0n) is 11.7. The number of carbonyl (C=O) groups is 1. The number of hydrogen-bond donors (Lipinski definition) is 2. The van der Waals surface area contributed by atoms with Crippen molar-refractivity contribution in [3.8, 4) is 0 Å². The van der Waals surface area contributed by atoms with Crippen molar-refractivity contribution in [1.29, 1.82) is 0 Å². The average molecular weight is 252 g/mol. The van der Waals surface area contributed by atoms with Gasteiger partial charge in [-0.15, -0.1) is 0 Å². The largest absolute Gasteiger partial charge is 0.355 e. The summed E-state index contributed by atoms with van der Waals surface area (Å²) in [6, 6.07) is 0. The number of carbonyl (C=O) groups excluding carboxylic acids is 1. The highest BCUT2D eigenvalue weighted by atomic mass is 16.2. The molecule has 2 aliphatic rings. The van der Waals surface area contributed by atoms with Gasteiger partial charge in [-0.3, -0.25) is 4.79 Å². The maximum atomic E-state index is 12.2. The summed E-state index contributed by atoms with van der Waals surface area (Å²) in [4.78, 5) is 12.2. The molecule has 0 aliphatic heterocycles. The van der Waals surface area contributed by atoms with Crippen molar-refractivity contribution in [2.24, 2.45) is 23.0 Å². The highest BCUT2D eigenvalue weighted by molar-refractivity contribution is 5.83. The molecule has 0 saturated heterocycles. The Labute approximate surface area is 111 Å². The topological polar surface area (TPSA) is 55.1 Å². The second-order valence-corrected chi connectivity index (χ2v) is 6.34. The van der Waals surface area contributed by atoms with E-state index in [1.165, 1.54) is 32.1 Å². The van der Waals surface area contributed by atoms with Crippen LogP contribution >= 0.6 is 0 Å². The summed E-state index contributed by atoms with van der Waals surface area (Å²) < 4.78 is 0. The lowest BCUT2D eigenvalue weighted by Crippen LogP contribution is -2.51.